The van der Waals surface area contributed by atoms with Crippen LogP contribution in [0.25, 0.3) is 0 Å². The molecule has 0 saturated heterocycles. The molecule has 1 atom stereocenters. The molecule has 0 amide bonds. The van der Waals surface area contributed by atoms with Crippen LogP contribution in [0.1, 0.15) is 18.5 Å². The molecule has 0 fully saturated rings. The van der Waals surface area contributed by atoms with E-state index in [1.807, 2.05) is 0 Å². The summed E-state index contributed by atoms with van der Waals surface area (Å²) in [4.78, 5) is 0. The molecule has 0 aliphatic heterocycles. The fourth-order valence-corrected chi connectivity index (χ4v) is 1.19. The summed E-state index contributed by atoms with van der Waals surface area (Å²) in [6, 6.07) is 1.66. The minimum Gasteiger partial charge on any atom is -0.271 e. The molecule has 2 nitrogen and oxygen atoms in total. The largest absolute Gasteiger partial charge is 0.271 e. The summed E-state index contributed by atoms with van der Waals surface area (Å²) < 4.78 is 26.3. The van der Waals surface area contributed by atoms with Crippen molar-refractivity contribution in [2.75, 3.05) is 0 Å². The van der Waals surface area contributed by atoms with Crippen LogP contribution in [0.3, 0.4) is 0 Å². The summed E-state index contributed by atoms with van der Waals surface area (Å²) in [6.07, 6.45) is 0. The van der Waals surface area contributed by atoms with Crippen LogP contribution in [0.2, 0.25) is 5.02 Å². The molecule has 1 aromatic carbocycles. The van der Waals surface area contributed by atoms with Crippen LogP contribution in [0.15, 0.2) is 12.1 Å². The minimum absolute atomic E-state index is 0.112. The van der Waals surface area contributed by atoms with Gasteiger partial charge in [0.1, 0.15) is 11.6 Å². The zero-order valence-electron chi connectivity index (χ0n) is 6.94. The van der Waals surface area contributed by atoms with Gasteiger partial charge in [-0.1, -0.05) is 11.6 Å². The van der Waals surface area contributed by atoms with Crippen molar-refractivity contribution in [1.29, 1.82) is 0 Å². The van der Waals surface area contributed by atoms with E-state index in [0.29, 0.717) is 0 Å². The van der Waals surface area contributed by atoms with E-state index >= 15 is 0 Å². The number of hydrazine groups is 1. The van der Waals surface area contributed by atoms with E-state index in [1.165, 1.54) is 13.0 Å². The van der Waals surface area contributed by atoms with Crippen molar-refractivity contribution in [3.05, 3.63) is 34.4 Å². The highest BCUT2D eigenvalue weighted by Gasteiger charge is 2.17. The third-order valence-corrected chi connectivity index (χ3v) is 2.05. The molecule has 0 heterocycles. The van der Waals surface area contributed by atoms with Gasteiger partial charge >= 0.3 is 0 Å². The molecule has 5 heteroatoms. The first kappa shape index (κ1) is 10.4. The standard InChI is InChI=1S/C8H9ClF2N2/c1-4(13-12)7-6(10)3-2-5(9)8(7)11/h2-4,13H,12H2,1H3/t4-/m1/s1. The smallest absolute Gasteiger partial charge is 0.149 e. The second-order valence-electron chi connectivity index (χ2n) is 2.65. The molecule has 3 N–H and O–H groups in total. The molecule has 72 valence electrons. The molecule has 13 heavy (non-hydrogen) atoms. The molecule has 0 unspecified atom stereocenters. The SMILES string of the molecule is C[C@@H](NN)c1c(F)ccc(Cl)c1F. The number of benzene rings is 1. The fraction of sp³-hybridized carbons (Fsp3) is 0.250. The zero-order chi connectivity index (χ0) is 10.0. The van der Waals surface area contributed by atoms with Crippen molar-refractivity contribution in [3.63, 3.8) is 0 Å². The van der Waals surface area contributed by atoms with Crippen LogP contribution in [0.4, 0.5) is 8.78 Å². The third-order valence-electron chi connectivity index (χ3n) is 1.76. The molecule has 0 aliphatic rings. The molecule has 0 spiro atoms. The monoisotopic (exact) mass is 206 g/mol. The topological polar surface area (TPSA) is 38.0 Å². The highest BCUT2D eigenvalue weighted by atomic mass is 35.5. The van der Waals surface area contributed by atoms with Crippen LogP contribution in [0, 0.1) is 11.6 Å². The van der Waals surface area contributed by atoms with Gasteiger partial charge in [-0.15, -0.1) is 0 Å². The average molecular weight is 207 g/mol. The quantitative estimate of drug-likeness (QED) is 0.442. The summed E-state index contributed by atoms with van der Waals surface area (Å²) in [5, 5.41) is -0.112. The summed E-state index contributed by atoms with van der Waals surface area (Å²) in [7, 11) is 0. The Morgan fingerprint density at radius 3 is 2.62 bits per heavy atom. The normalized spacial score (nSPS) is 13.0. The summed E-state index contributed by atoms with van der Waals surface area (Å²) >= 11 is 5.48. The van der Waals surface area contributed by atoms with Gasteiger partial charge in [0.2, 0.25) is 0 Å². The van der Waals surface area contributed by atoms with Crippen molar-refractivity contribution < 1.29 is 8.78 Å². The van der Waals surface area contributed by atoms with Gasteiger partial charge in [-0.2, -0.15) is 0 Å². The zero-order valence-corrected chi connectivity index (χ0v) is 7.70. The molecule has 0 aromatic heterocycles. The average Bonchev–Trinajstić information content (AvgIpc) is 2.12. The molecule has 0 radical (unpaired) electrons. The van der Waals surface area contributed by atoms with E-state index in [0.717, 1.165) is 6.07 Å². The number of hydrogen-bond donors (Lipinski definition) is 2. The van der Waals surface area contributed by atoms with E-state index in [-0.39, 0.29) is 10.6 Å². The highest BCUT2D eigenvalue weighted by Crippen LogP contribution is 2.25. The first-order valence-electron chi connectivity index (χ1n) is 3.67. The summed E-state index contributed by atoms with van der Waals surface area (Å²) in [5.41, 5.74) is 2.11. The van der Waals surface area contributed by atoms with Crippen LogP contribution in [-0.4, -0.2) is 0 Å². The Morgan fingerprint density at radius 1 is 1.46 bits per heavy atom. The second kappa shape index (κ2) is 4.00. The first-order chi connectivity index (χ1) is 6.07. The minimum atomic E-state index is -0.771. The lowest BCUT2D eigenvalue weighted by molar-refractivity contribution is 0.496. The fourth-order valence-electron chi connectivity index (χ4n) is 1.02. The molecule has 0 bridgehead atoms. The van der Waals surface area contributed by atoms with Gasteiger partial charge in [0, 0.05) is 11.6 Å². The molecule has 0 aliphatic carbocycles. The van der Waals surface area contributed by atoms with E-state index in [2.05, 4.69) is 5.43 Å². The van der Waals surface area contributed by atoms with E-state index in [4.69, 9.17) is 17.4 Å². The van der Waals surface area contributed by atoms with Gasteiger partial charge in [-0.25, -0.2) is 8.78 Å². The van der Waals surface area contributed by atoms with Crippen LogP contribution in [-0.2, 0) is 0 Å². The van der Waals surface area contributed by atoms with Crippen molar-refractivity contribution in [2.24, 2.45) is 5.84 Å². The molecular formula is C8H9ClF2N2. The van der Waals surface area contributed by atoms with Crippen molar-refractivity contribution >= 4 is 11.6 Å². The summed E-state index contributed by atoms with van der Waals surface area (Å²) in [6.45, 7) is 1.54. The van der Waals surface area contributed by atoms with Gasteiger partial charge in [-0.3, -0.25) is 11.3 Å². The molecule has 1 rings (SSSR count). The highest BCUT2D eigenvalue weighted by molar-refractivity contribution is 6.30. The maximum atomic E-state index is 13.2. The summed E-state index contributed by atoms with van der Waals surface area (Å²) in [5.74, 6) is 3.63. The van der Waals surface area contributed by atoms with Crippen molar-refractivity contribution in [1.82, 2.24) is 5.43 Å². The Balaban J connectivity index is 3.25. The first-order valence-corrected chi connectivity index (χ1v) is 4.05. The van der Waals surface area contributed by atoms with E-state index in [9.17, 15) is 8.78 Å². The van der Waals surface area contributed by atoms with Crippen molar-refractivity contribution in [2.45, 2.75) is 13.0 Å². The lowest BCUT2D eigenvalue weighted by atomic mass is 10.1. The lowest BCUT2D eigenvalue weighted by Gasteiger charge is -2.12. The number of nitrogens with one attached hydrogen (secondary N) is 1. The molecule has 1 aromatic rings. The maximum Gasteiger partial charge on any atom is 0.149 e. The number of hydrogen-bond acceptors (Lipinski definition) is 2. The predicted octanol–water partition coefficient (Wildman–Crippen LogP) is 2.14. The van der Waals surface area contributed by atoms with E-state index < -0.39 is 17.7 Å². The van der Waals surface area contributed by atoms with Gasteiger partial charge in [0.05, 0.1) is 5.02 Å². The second-order valence-corrected chi connectivity index (χ2v) is 3.05. The van der Waals surface area contributed by atoms with Gasteiger partial charge in [0.15, 0.2) is 0 Å². The van der Waals surface area contributed by atoms with Gasteiger partial charge in [-0.05, 0) is 19.1 Å². The lowest BCUT2D eigenvalue weighted by Crippen LogP contribution is -2.27. The van der Waals surface area contributed by atoms with Crippen LogP contribution < -0.4 is 11.3 Å². The Labute approximate surface area is 79.7 Å². The maximum absolute atomic E-state index is 13.2. The Hall–Kier alpha value is -0.710. The number of halogens is 3. The van der Waals surface area contributed by atoms with E-state index in [1.54, 1.807) is 0 Å². The Kier molecular flexibility index (Phi) is 3.19. The predicted molar refractivity (Wildman–Crippen MR) is 47.1 cm³/mol. The van der Waals surface area contributed by atoms with Crippen LogP contribution >= 0.6 is 11.6 Å². The Bertz CT molecular complexity index is 317. The number of rotatable bonds is 2. The number of nitrogens with two attached hydrogens (primary N) is 1. The molecular weight excluding hydrogens is 198 g/mol. The van der Waals surface area contributed by atoms with Gasteiger partial charge in [0.25, 0.3) is 0 Å². The van der Waals surface area contributed by atoms with Crippen molar-refractivity contribution in [3.8, 4) is 0 Å². The van der Waals surface area contributed by atoms with Crippen LogP contribution in [0.5, 0.6) is 0 Å². The third kappa shape index (κ3) is 1.96. The van der Waals surface area contributed by atoms with Gasteiger partial charge < -0.3 is 0 Å². The molecule has 0 saturated carbocycles. The Morgan fingerprint density at radius 2 is 2.08 bits per heavy atom.